The fourth-order valence-electron chi connectivity index (χ4n) is 3.00. The third-order valence-corrected chi connectivity index (χ3v) is 4.87. The lowest BCUT2D eigenvalue weighted by atomic mass is 10.2. The van der Waals surface area contributed by atoms with Gasteiger partial charge >= 0.3 is 5.97 Å². The van der Waals surface area contributed by atoms with Crippen molar-refractivity contribution in [3.8, 4) is 17.2 Å². The summed E-state index contributed by atoms with van der Waals surface area (Å²) in [4.78, 5) is 25.8. The number of nitrogens with zero attached hydrogens (tertiary/aromatic N) is 5. The quantitative estimate of drug-likeness (QED) is 0.385. The van der Waals surface area contributed by atoms with E-state index >= 15 is 0 Å². The van der Waals surface area contributed by atoms with Gasteiger partial charge in [0.2, 0.25) is 0 Å². The summed E-state index contributed by atoms with van der Waals surface area (Å²) < 4.78 is 6.70. The fourth-order valence-corrected chi connectivity index (χ4v) is 3.46. The van der Waals surface area contributed by atoms with Gasteiger partial charge in [0.25, 0.3) is 0 Å². The molecule has 0 aliphatic heterocycles. The number of nitrogens with one attached hydrogen (secondary N) is 1. The number of esters is 1. The van der Waals surface area contributed by atoms with Gasteiger partial charge in [-0.1, -0.05) is 53.5 Å². The van der Waals surface area contributed by atoms with Gasteiger partial charge in [0.05, 0.1) is 22.3 Å². The molecule has 0 saturated carbocycles. The maximum absolute atomic E-state index is 12.5. The predicted molar refractivity (Wildman–Crippen MR) is 123 cm³/mol. The molecular formula is C22H18Cl2N6O2. The number of rotatable bonds is 6. The second-order valence-corrected chi connectivity index (χ2v) is 7.55. The molecule has 162 valence electrons. The van der Waals surface area contributed by atoms with E-state index in [9.17, 15) is 4.79 Å². The summed E-state index contributed by atoms with van der Waals surface area (Å²) in [7, 11) is 0. The molecule has 0 aliphatic rings. The largest absolute Gasteiger partial charge is 0.462 e. The van der Waals surface area contributed by atoms with E-state index in [1.54, 1.807) is 19.1 Å². The highest BCUT2D eigenvalue weighted by atomic mass is 35.5. The first kappa shape index (κ1) is 21.7. The Morgan fingerprint density at radius 1 is 1.12 bits per heavy atom. The zero-order chi connectivity index (χ0) is 22.7. The van der Waals surface area contributed by atoms with Gasteiger partial charge in [-0.05, 0) is 19.9 Å². The van der Waals surface area contributed by atoms with Crippen LogP contribution in [0.2, 0.25) is 10.0 Å². The van der Waals surface area contributed by atoms with E-state index in [0.29, 0.717) is 33.2 Å². The van der Waals surface area contributed by atoms with Crippen LogP contribution in [0, 0.1) is 6.92 Å². The molecule has 0 saturated heterocycles. The van der Waals surface area contributed by atoms with E-state index in [-0.39, 0.29) is 18.0 Å². The lowest BCUT2D eigenvalue weighted by molar-refractivity contribution is 0.0526. The molecule has 0 fully saturated rings. The van der Waals surface area contributed by atoms with E-state index in [0.717, 1.165) is 5.56 Å². The van der Waals surface area contributed by atoms with E-state index in [1.807, 2.05) is 37.3 Å². The zero-order valence-electron chi connectivity index (χ0n) is 17.2. The molecule has 4 rings (SSSR count). The number of carbonyl (C=O) groups is 1. The van der Waals surface area contributed by atoms with Crippen molar-refractivity contribution < 1.29 is 9.53 Å². The van der Waals surface area contributed by atoms with Crippen molar-refractivity contribution >= 4 is 40.8 Å². The number of aryl methyl sites for hydroxylation is 1. The van der Waals surface area contributed by atoms with Crippen LogP contribution in [0.3, 0.4) is 0 Å². The standard InChI is InChI=1S/C22H18Cl2N6O2/c1-3-32-22(31)16-12-25-19(14-7-5-4-6-8-14)28-20(16)27-18-9-13(2)29-30(18)21-17(24)10-15(23)11-26-21/h4-12H,3H2,1-2H3,(H,25,27,28). The lowest BCUT2D eigenvalue weighted by Gasteiger charge is -2.13. The normalized spacial score (nSPS) is 10.8. The van der Waals surface area contributed by atoms with Crippen molar-refractivity contribution in [2.45, 2.75) is 13.8 Å². The molecule has 0 spiro atoms. The molecule has 0 unspecified atom stereocenters. The summed E-state index contributed by atoms with van der Waals surface area (Å²) >= 11 is 12.3. The van der Waals surface area contributed by atoms with Gasteiger partial charge in [-0.3, -0.25) is 0 Å². The number of benzene rings is 1. The Morgan fingerprint density at radius 2 is 1.91 bits per heavy atom. The van der Waals surface area contributed by atoms with E-state index < -0.39 is 5.97 Å². The van der Waals surface area contributed by atoms with Crippen molar-refractivity contribution in [2.24, 2.45) is 0 Å². The molecule has 1 N–H and O–H groups in total. The average Bonchev–Trinajstić information content (AvgIpc) is 3.14. The minimum Gasteiger partial charge on any atom is -0.462 e. The predicted octanol–water partition coefficient (Wildman–Crippen LogP) is 5.26. The number of hydrogen-bond donors (Lipinski definition) is 1. The van der Waals surface area contributed by atoms with Crippen molar-refractivity contribution in [1.82, 2.24) is 24.7 Å². The molecule has 0 bridgehead atoms. The topological polar surface area (TPSA) is 94.8 Å². The second-order valence-electron chi connectivity index (χ2n) is 6.71. The van der Waals surface area contributed by atoms with Crippen LogP contribution in [0.1, 0.15) is 23.0 Å². The van der Waals surface area contributed by atoms with Crippen LogP contribution >= 0.6 is 23.2 Å². The minimum absolute atomic E-state index is 0.187. The summed E-state index contributed by atoms with van der Waals surface area (Å²) in [5.41, 5.74) is 1.69. The van der Waals surface area contributed by atoms with Gasteiger partial charge in [-0.25, -0.2) is 19.7 Å². The molecule has 3 heterocycles. The maximum Gasteiger partial charge on any atom is 0.343 e. The van der Waals surface area contributed by atoms with E-state index in [4.69, 9.17) is 27.9 Å². The molecule has 0 aliphatic carbocycles. The van der Waals surface area contributed by atoms with Gasteiger partial charge in [0.1, 0.15) is 17.2 Å². The van der Waals surface area contributed by atoms with Crippen molar-refractivity contribution in [3.63, 3.8) is 0 Å². The minimum atomic E-state index is -0.542. The Bertz CT molecular complexity index is 1280. The highest BCUT2D eigenvalue weighted by Gasteiger charge is 2.20. The van der Waals surface area contributed by atoms with E-state index in [2.05, 4.69) is 25.4 Å². The highest BCUT2D eigenvalue weighted by molar-refractivity contribution is 6.35. The monoisotopic (exact) mass is 468 g/mol. The summed E-state index contributed by atoms with van der Waals surface area (Å²) in [6.07, 6.45) is 2.92. The van der Waals surface area contributed by atoms with Gasteiger partial charge in [-0.15, -0.1) is 0 Å². The average molecular weight is 469 g/mol. The molecule has 3 aromatic heterocycles. The van der Waals surface area contributed by atoms with Crippen LogP contribution in [0.4, 0.5) is 11.6 Å². The van der Waals surface area contributed by atoms with Gasteiger partial charge < -0.3 is 10.1 Å². The number of pyridine rings is 1. The summed E-state index contributed by atoms with van der Waals surface area (Å²) in [5.74, 6) is 1.05. The molecule has 1 aromatic carbocycles. The first-order valence-electron chi connectivity index (χ1n) is 9.71. The number of ether oxygens (including phenoxy) is 1. The van der Waals surface area contributed by atoms with Crippen LogP contribution < -0.4 is 5.32 Å². The Kier molecular flexibility index (Phi) is 6.34. The third kappa shape index (κ3) is 4.56. The molecule has 8 nitrogen and oxygen atoms in total. The van der Waals surface area contributed by atoms with E-state index in [1.165, 1.54) is 17.1 Å². The van der Waals surface area contributed by atoms with Crippen LogP contribution in [-0.2, 0) is 4.74 Å². The van der Waals surface area contributed by atoms with Crippen LogP contribution in [0.5, 0.6) is 0 Å². The third-order valence-electron chi connectivity index (χ3n) is 4.38. The molecule has 0 atom stereocenters. The Labute approximate surface area is 194 Å². The van der Waals surface area contributed by atoms with Crippen LogP contribution in [0.15, 0.2) is 54.9 Å². The Balaban J connectivity index is 1.80. The molecule has 10 heteroatoms. The fraction of sp³-hybridized carbons (Fsp3) is 0.136. The summed E-state index contributed by atoms with van der Waals surface area (Å²) in [6.45, 7) is 3.78. The summed E-state index contributed by atoms with van der Waals surface area (Å²) in [6, 6.07) is 12.8. The smallest absolute Gasteiger partial charge is 0.343 e. The zero-order valence-corrected chi connectivity index (χ0v) is 18.7. The van der Waals surface area contributed by atoms with Gasteiger partial charge in [0, 0.05) is 24.0 Å². The molecular weight excluding hydrogens is 451 g/mol. The van der Waals surface area contributed by atoms with Gasteiger partial charge in [0.15, 0.2) is 11.6 Å². The Hall–Kier alpha value is -3.49. The number of aromatic nitrogens is 5. The van der Waals surface area contributed by atoms with Crippen LogP contribution in [-0.4, -0.2) is 37.3 Å². The van der Waals surface area contributed by atoms with Gasteiger partial charge in [-0.2, -0.15) is 9.78 Å². The second kappa shape index (κ2) is 9.33. The number of carbonyl (C=O) groups excluding carboxylic acids is 1. The van der Waals surface area contributed by atoms with Crippen molar-refractivity contribution in [1.29, 1.82) is 0 Å². The molecule has 0 radical (unpaired) electrons. The van der Waals surface area contributed by atoms with Crippen LogP contribution in [0.25, 0.3) is 17.2 Å². The first-order chi connectivity index (χ1) is 15.5. The SMILES string of the molecule is CCOC(=O)c1cnc(-c2ccccc2)nc1Nc1cc(C)nn1-c1ncc(Cl)cc1Cl. The Morgan fingerprint density at radius 3 is 2.62 bits per heavy atom. The number of anilines is 2. The number of halogens is 2. The number of hydrogen-bond acceptors (Lipinski definition) is 7. The highest BCUT2D eigenvalue weighted by Crippen LogP contribution is 2.28. The first-order valence-corrected chi connectivity index (χ1v) is 10.5. The molecule has 0 amide bonds. The molecule has 4 aromatic rings. The summed E-state index contributed by atoms with van der Waals surface area (Å²) in [5, 5.41) is 8.36. The maximum atomic E-state index is 12.5. The van der Waals surface area contributed by atoms with Crippen molar-refractivity contribution in [2.75, 3.05) is 11.9 Å². The van der Waals surface area contributed by atoms with Crippen molar-refractivity contribution in [3.05, 3.63) is 76.2 Å². The lowest BCUT2D eigenvalue weighted by Crippen LogP contribution is -2.13. The molecule has 32 heavy (non-hydrogen) atoms.